The maximum Gasteiger partial charge on any atom is 0.277 e. The SMILES string of the molecule is Cc1ccc(C[NH+](C)CC(=O)N2CCN(S(=O)(=O)c3cccc(F)c3)CC2)cc1. The van der Waals surface area contributed by atoms with Crippen molar-refractivity contribution in [2.75, 3.05) is 39.8 Å². The van der Waals surface area contributed by atoms with E-state index < -0.39 is 15.8 Å². The third-order valence-electron chi connectivity index (χ3n) is 5.10. The lowest BCUT2D eigenvalue weighted by Gasteiger charge is -2.34. The minimum absolute atomic E-state index is 0.0115. The van der Waals surface area contributed by atoms with Crippen molar-refractivity contribution >= 4 is 15.9 Å². The highest BCUT2D eigenvalue weighted by atomic mass is 32.2. The quantitative estimate of drug-likeness (QED) is 0.748. The van der Waals surface area contributed by atoms with E-state index in [9.17, 15) is 17.6 Å². The smallest absolute Gasteiger partial charge is 0.277 e. The second-order valence-corrected chi connectivity index (χ2v) is 9.48. The fourth-order valence-corrected chi connectivity index (χ4v) is 4.90. The van der Waals surface area contributed by atoms with Crippen LogP contribution in [0.3, 0.4) is 0 Å². The van der Waals surface area contributed by atoms with Crippen molar-refractivity contribution in [2.24, 2.45) is 0 Å². The van der Waals surface area contributed by atoms with E-state index >= 15 is 0 Å². The Balaban J connectivity index is 1.53. The Morgan fingerprint density at radius 2 is 1.72 bits per heavy atom. The van der Waals surface area contributed by atoms with E-state index in [-0.39, 0.29) is 23.9 Å². The molecule has 1 heterocycles. The van der Waals surface area contributed by atoms with Crippen LogP contribution in [0.4, 0.5) is 4.39 Å². The summed E-state index contributed by atoms with van der Waals surface area (Å²) in [5.74, 6) is -0.572. The van der Waals surface area contributed by atoms with Gasteiger partial charge in [0.15, 0.2) is 6.54 Å². The van der Waals surface area contributed by atoms with Crippen LogP contribution < -0.4 is 4.90 Å². The molecule has 0 aromatic heterocycles. The molecular weight excluding hydrogens is 393 g/mol. The van der Waals surface area contributed by atoms with Crippen LogP contribution in [0.25, 0.3) is 0 Å². The summed E-state index contributed by atoms with van der Waals surface area (Å²) in [6.45, 7) is 4.24. The van der Waals surface area contributed by atoms with Crippen molar-refractivity contribution in [2.45, 2.75) is 18.4 Å². The van der Waals surface area contributed by atoms with Crippen LogP contribution in [0.15, 0.2) is 53.4 Å². The standard InChI is InChI=1S/C21H26FN3O3S/c1-17-6-8-18(9-7-17)15-23(2)16-21(26)24-10-12-25(13-11-24)29(27,28)20-5-3-4-19(22)14-20/h3-9,14H,10-13,15-16H2,1-2H3/p+1. The number of aryl methyl sites for hydroxylation is 1. The number of rotatable bonds is 6. The molecule has 6 nitrogen and oxygen atoms in total. The molecule has 0 saturated carbocycles. The molecule has 1 atom stereocenters. The number of sulfonamides is 1. The first kappa shape index (κ1) is 21.4. The fraction of sp³-hybridized carbons (Fsp3) is 0.381. The summed E-state index contributed by atoms with van der Waals surface area (Å²) >= 11 is 0. The highest BCUT2D eigenvalue weighted by Crippen LogP contribution is 2.18. The average molecular weight is 421 g/mol. The van der Waals surface area contributed by atoms with E-state index in [1.165, 1.54) is 33.6 Å². The molecular formula is C21H27FN3O3S+. The van der Waals surface area contributed by atoms with Crippen LogP contribution in [-0.2, 0) is 21.4 Å². The van der Waals surface area contributed by atoms with Gasteiger partial charge in [-0.15, -0.1) is 0 Å². The van der Waals surface area contributed by atoms with E-state index in [1.54, 1.807) is 4.90 Å². The van der Waals surface area contributed by atoms with Crippen LogP contribution in [0.5, 0.6) is 0 Å². The van der Waals surface area contributed by atoms with Gasteiger partial charge in [-0.3, -0.25) is 4.79 Å². The zero-order valence-corrected chi connectivity index (χ0v) is 17.6. The Bertz CT molecular complexity index is 955. The van der Waals surface area contributed by atoms with Gasteiger partial charge in [-0.2, -0.15) is 4.31 Å². The normalized spacial score (nSPS) is 16.6. The van der Waals surface area contributed by atoms with Crippen molar-refractivity contribution in [1.82, 2.24) is 9.21 Å². The van der Waals surface area contributed by atoms with Gasteiger partial charge in [0.1, 0.15) is 12.4 Å². The Morgan fingerprint density at radius 1 is 1.07 bits per heavy atom. The van der Waals surface area contributed by atoms with Crippen molar-refractivity contribution in [3.8, 4) is 0 Å². The van der Waals surface area contributed by atoms with E-state index in [2.05, 4.69) is 24.3 Å². The van der Waals surface area contributed by atoms with Gasteiger partial charge in [0, 0.05) is 31.7 Å². The number of carbonyl (C=O) groups is 1. The molecule has 3 rings (SSSR count). The predicted octanol–water partition coefficient (Wildman–Crippen LogP) is 0.682. The lowest BCUT2D eigenvalue weighted by Crippen LogP contribution is -3.09. The molecule has 0 spiro atoms. The molecule has 0 radical (unpaired) electrons. The number of hydrogen-bond donors (Lipinski definition) is 1. The Labute approximate surface area is 171 Å². The molecule has 1 saturated heterocycles. The molecule has 1 N–H and O–H groups in total. The minimum Gasteiger partial charge on any atom is -0.335 e. The first-order valence-electron chi connectivity index (χ1n) is 9.66. The van der Waals surface area contributed by atoms with Gasteiger partial charge in [-0.25, -0.2) is 12.8 Å². The first-order chi connectivity index (χ1) is 13.8. The van der Waals surface area contributed by atoms with E-state index in [0.717, 1.165) is 17.5 Å². The van der Waals surface area contributed by atoms with Gasteiger partial charge < -0.3 is 9.80 Å². The summed E-state index contributed by atoms with van der Waals surface area (Å²) in [5, 5.41) is 0. The van der Waals surface area contributed by atoms with Crippen molar-refractivity contribution in [3.05, 3.63) is 65.5 Å². The van der Waals surface area contributed by atoms with Gasteiger partial charge in [-0.05, 0) is 25.1 Å². The molecule has 156 valence electrons. The Hall–Kier alpha value is -2.29. The van der Waals surface area contributed by atoms with Crippen molar-refractivity contribution in [1.29, 1.82) is 0 Å². The lowest BCUT2D eigenvalue weighted by atomic mass is 10.1. The molecule has 1 unspecified atom stereocenters. The summed E-state index contributed by atoms with van der Waals surface area (Å²) in [7, 11) is -1.78. The summed E-state index contributed by atoms with van der Waals surface area (Å²) in [6.07, 6.45) is 0. The van der Waals surface area contributed by atoms with Crippen LogP contribution in [0.1, 0.15) is 11.1 Å². The third-order valence-corrected chi connectivity index (χ3v) is 7.00. The molecule has 29 heavy (non-hydrogen) atoms. The highest BCUT2D eigenvalue weighted by molar-refractivity contribution is 7.89. The molecule has 0 aliphatic carbocycles. The monoisotopic (exact) mass is 420 g/mol. The minimum atomic E-state index is -3.75. The number of carbonyl (C=O) groups excluding carboxylic acids is 1. The number of piperazine rings is 1. The molecule has 8 heteroatoms. The Kier molecular flexibility index (Phi) is 6.66. The topological polar surface area (TPSA) is 62.1 Å². The van der Waals surface area contributed by atoms with E-state index in [1.807, 2.05) is 14.0 Å². The zero-order valence-electron chi connectivity index (χ0n) is 16.8. The second kappa shape index (κ2) is 9.02. The van der Waals surface area contributed by atoms with Gasteiger partial charge in [-0.1, -0.05) is 35.9 Å². The summed E-state index contributed by atoms with van der Waals surface area (Å²) < 4.78 is 40.1. The average Bonchev–Trinajstić information content (AvgIpc) is 2.70. The number of nitrogens with zero attached hydrogens (tertiary/aromatic N) is 2. The number of halogens is 1. The molecule has 1 aliphatic rings. The highest BCUT2D eigenvalue weighted by Gasteiger charge is 2.31. The summed E-state index contributed by atoms with van der Waals surface area (Å²) in [4.78, 5) is 15.3. The van der Waals surface area contributed by atoms with Gasteiger partial charge in [0.2, 0.25) is 10.0 Å². The number of amides is 1. The van der Waals surface area contributed by atoms with Crippen LogP contribution >= 0.6 is 0 Å². The number of nitrogens with one attached hydrogen (secondary N) is 1. The number of benzene rings is 2. The molecule has 1 aliphatic heterocycles. The van der Waals surface area contributed by atoms with Crippen LogP contribution in [0, 0.1) is 12.7 Å². The third kappa shape index (κ3) is 5.41. The number of quaternary nitrogens is 1. The molecule has 2 aromatic carbocycles. The van der Waals surface area contributed by atoms with Crippen LogP contribution in [0.2, 0.25) is 0 Å². The van der Waals surface area contributed by atoms with Gasteiger partial charge in [0.25, 0.3) is 5.91 Å². The van der Waals surface area contributed by atoms with Gasteiger partial charge in [0.05, 0.1) is 11.9 Å². The molecule has 1 fully saturated rings. The fourth-order valence-electron chi connectivity index (χ4n) is 3.44. The van der Waals surface area contributed by atoms with Crippen molar-refractivity contribution < 1.29 is 22.5 Å². The van der Waals surface area contributed by atoms with E-state index in [0.29, 0.717) is 19.6 Å². The number of likely N-dealkylation sites (N-methyl/N-ethyl adjacent to an activating group) is 1. The van der Waals surface area contributed by atoms with Crippen LogP contribution in [-0.4, -0.2) is 63.3 Å². The largest absolute Gasteiger partial charge is 0.335 e. The maximum atomic E-state index is 13.4. The lowest BCUT2D eigenvalue weighted by molar-refractivity contribution is -0.885. The van der Waals surface area contributed by atoms with E-state index in [4.69, 9.17) is 0 Å². The second-order valence-electron chi connectivity index (χ2n) is 7.54. The predicted molar refractivity (Wildman–Crippen MR) is 108 cm³/mol. The Morgan fingerprint density at radius 3 is 2.34 bits per heavy atom. The zero-order chi connectivity index (χ0) is 21.0. The van der Waals surface area contributed by atoms with Crippen molar-refractivity contribution in [3.63, 3.8) is 0 Å². The van der Waals surface area contributed by atoms with Gasteiger partial charge >= 0.3 is 0 Å². The molecule has 0 bridgehead atoms. The number of hydrogen-bond acceptors (Lipinski definition) is 3. The molecule has 1 amide bonds. The summed E-state index contributed by atoms with van der Waals surface area (Å²) in [5.41, 5.74) is 2.38. The molecule has 2 aromatic rings. The first-order valence-corrected chi connectivity index (χ1v) is 11.1. The maximum absolute atomic E-state index is 13.4. The summed E-state index contributed by atoms with van der Waals surface area (Å²) in [6, 6.07) is 13.3.